The van der Waals surface area contributed by atoms with E-state index < -0.39 is 12.1 Å². The SMILES string of the molecule is CC(OC(=O)c1ccc2cc(O)ccc2c1)C(=O)N(C)Cc1cccc(F)c1. The Morgan fingerprint density at radius 3 is 2.54 bits per heavy atom. The number of hydrogen-bond acceptors (Lipinski definition) is 4. The van der Waals surface area contributed by atoms with Crippen LogP contribution in [-0.2, 0) is 16.1 Å². The molecule has 3 rings (SSSR count). The quantitative estimate of drug-likeness (QED) is 0.681. The van der Waals surface area contributed by atoms with Crippen LogP contribution in [-0.4, -0.2) is 35.0 Å². The topological polar surface area (TPSA) is 66.8 Å². The third-order valence-corrected chi connectivity index (χ3v) is 4.38. The van der Waals surface area contributed by atoms with Crippen molar-refractivity contribution in [1.29, 1.82) is 0 Å². The van der Waals surface area contributed by atoms with Crippen LogP contribution in [0, 0.1) is 5.82 Å². The number of halogens is 1. The number of rotatable bonds is 5. The Morgan fingerprint density at radius 2 is 1.79 bits per heavy atom. The number of carbonyl (C=O) groups is 2. The van der Waals surface area contributed by atoms with Crippen molar-refractivity contribution in [2.24, 2.45) is 0 Å². The number of phenolic OH excluding ortho intramolecular Hbond substituents is 1. The van der Waals surface area contributed by atoms with Crippen molar-refractivity contribution in [2.75, 3.05) is 7.05 Å². The lowest BCUT2D eigenvalue weighted by Crippen LogP contribution is -2.37. The highest BCUT2D eigenvalue weighted by molar-refractivity contribution is 5.97. The molecule has 1 unspecified atom stereocenters. The van der Waals surface area contributed by atoms with E-state index in [0.29, 0.717) is 11.1 Å². The minimum absolute atomic E-state index is 0.142. The van der Waals surface area contributed by atoms with Crippen molar-refractivity contribution in [3.63, 3.8) is 0 Å². The summed E-state index contributed by atoms with van der Waals surface area (Å²) < 4.78 is 18.6. The van der Waals surface area contributed by atoms with E-state index in [9.17, 15) is 19.1 Å². The molecule has 3 aromatic rings. The number of esters is 1. The molecule has 0 aliphatic rings. The summed E-state index contributed by atoms with van der Waals surface area (Å²) >= 11 is 0. The Bertz CT molecular complexity index is 1030. The van der Waals surface area contributed by atoms with E-state index in [1.165, 1.54) is 30.0 Å². The maximum Gasteiger partial charge on any atom is 0.338 e. The van der Waals surface area contributed by atoms with Crippen LogP contribution in [0.1, 0.15) is 22.8 Å². The monoisotopic (exact) mass is 381 g/mol. The second kappa shape index (κ2) is 8.08. The van der Waals surface area contributed by atoms with Crippen LogP contribution in [0.3, 0.4) is 0 Å². The number of amides is 1. The van der Waals surface area contributed by atoms with Crippen molar-refractivity contribution in [1.82, 2.24) is 4.90 Å². The van der Waals surface area contributed by atoms with Gasteiger partial charge in [0.25, 0.3) is 5.91 Å². The predicted molar refractivity (Wildman–Crippen MR) is 103 cm³/mol. The lowest BCUT2D eigenvalue weighted by Gasteiger charge is -2.21. The van der Waals surface area contributed by atoms with E-state index in [1.807, 2.05) is 0 Å². The standard InChI is InChI=1S/C22H20FNO4/c1-14(21(26)24(2)13-15-4-3-5-19(23)10-15)28-22(27)18-7-6-17-12-20(25)9-8-16(17)11-18/h3-12,14,25H,13H2,1-2H3. The number of benzene rings is 3. The Morgan fingerprint density at radius 1 is 1.07 bits per heavy atom. The Balaban J connectivity index is 1.65. The third kappa shape index (κ3) is 4.46. The Hall–Kier alpha value is -3.41. The van der Waals surface area contributed by atoms with Crippen molar-refractivity contribution < 1.29 is 23.8 Å². The van der Waals surface area contributed by atoms with Gasteiger partial charge in [-0.15, -0.1) is 0 Å². The van der Waals surface area contributed by atoms with Crippen molar-refractivity contribution in [2.45, 2.75) is 19.6 Å². The number of fused-ring (bicyclic) bond motifs is 1. The zero-order valence-electron chi connectivity index (χ0n) is 15.6. The van der Waals surface area contributed by atoms with Crippen LogP contribution in [0.25, 0.3) is 10.8 Å². The minimum Gasteiger partial charge on any atom is -0.508 e. The first-order valence-electron chi connectivity index (χ1n) is 8.76. The number of nitrogens with zero attached hydrogens (tertiary/aromatic N) is 1. The van der Waals surface area contributed by atoms with Crippen molar-refractivity contribution in [3.05, 3.63) is 77.6 Å². The molecule has 0 aliphatic heterocycles. The normalized spacial score (nSPS) is 11.8. The molecule has 0 bridgehead atoms. The molecule has 1 N–H and O–H groups in total. The number of likely N-dealkylation sites (N-methyl/N-ethyl adjacent to an activating group) is 1. The first-order valence-corrected chi connectivity index (χ1v) is 8.76. The van der Waals surface area contributed by atoms with E-state index in [4.69, 9.17) is 4.74 Å². The molecule has 6 heteroatoms. The van der Waals surface area contributed by atoms with Crippen LogP contribution < -0.4 is 0 Å². The Labute approximate surface area is 162 Å². The summed E-state index contributed by atoms with van der Waals surface area (Å²) in [5.41, 5.74) is 0.956. The van der Waals surface area contributed by atoms with Gasteiger partial charge >= 0.3 is 5.97 Å². The maximum absolute atomic E-state index is 13.3. The van der Waals surface area contributed by atoms with E-state index in [0.717, 1.165) is 10.8 Å². The fraction of sp³-hybridized carbons (Fsp3) is 0.182. The lowest BCUT2D eigenvalue weighted by molar-refractivity contribution is -0.139. The summed E-state index contributed by atoms with van der Waals surface area (Å²) in [6, 6.07) is 15.7. The molecule has 1 atom stereocenters. The van der Waals surface area contributed by atoms with Gasteiger partial charge in [-0.2, -0.15) is 0 Å². The van der Waals surface area contributed by atoms with Crippen molar-refractivity contribution >= 4 is 22.6 Å². The number of ether oxygens (including phenoxy) is 1. The fourth-order valence-corrected chi connectivity index (χ4v) is 2.94. The molecule has 0 fully saturated rings. The molecule has 0 saturated heterocycles. The van der Waals surface area contributed by atoms with E-state index in [-0.39, 0.29) is 24.0 Å². The van der Waals surface area contributed by atoms with Crippen LogP contribution in [0.15, 0.2) is 60.7 Å². The molecule has 1 amide bonds. The molecular formula is C22H20FNO4. The molecule has 3 aromatic carbocycles. The van der Waals surface area contributed by atoms with Gasteiger partial charge in [0.1, 0.15) is 11.6 Å². The lowest BCUT2D eigenvalue weighted by atomic mass is 10.1. The largest absolute Gasteiger partial charge is 0.508 e. The number of carbonyl (C=O) groups excluding carboxylic acids is 2. The molecule has 0 saturated carbocycles. The average molecular weight is 381 g/mol. The summed E-state index contributed by atoms with van der Waals surface area (Å²) in [4.78, 5) is 26.3. The fourth-order valence-electron chi connectivity index (χ4n) is 2.94. The van der Waals surface area contributed by atoms with Crippen LogP contribution >= 0.6 is 0 Å². The summed E-state index contributed by atoms with van der Waals surface area (Å²) in [6.07, 6.45) is -0.985. The van der Waals surface area contributed by atoms with Crippen molar-refractivity contribution in [3.8, 4) is 5.75 Å². The second-order valence-electron chi connectivity index (χ2n) is 6.62. The molecule has 144 valence electrons. The smallest absolute Gasteiger partial charge is 0.338 e. The summed E-state index contributed by atoms with van der Waals surface area (Å²) in [5, 5.41) is 11.1. The first kappa shape index (κ1) is 19.4. The van der Waals surface area contributed by atoms with Gasteiger partial charge in [-0.1, -0.05) is 24.3 Å². The second-order valence-corrected chi connectivity index (χ2v) is 6.62. The maximum atomic E-state index is 13.3. The van der Waals surface area contributed by atoms with E-state index >= 15 is 0 Å². The van der Waals surface area contributed by atoms with Gasteiger partial charge in [-0.3, -0.25) is 4.79 Å². The Kier molecular flexibility index (Phi) is 5.59. The highest BCUT2D eigenvalue weighted by atomic mass is 19.1. The predicted octanol–water partition coefficient (Wildman–Crippen LogP) is 3.89. The molecule has 0 radical (unpaired) electrons. The summed E-state index contributed by atoms with van der Waals surface area (Å²) in [6.45, 7) is 1.71. The summed E-state index contributed by atoms with van der Waals surface area (Å²) in [7, 11) is 1.57. The van der Waals surface area contributed by atoms with Gasteiger partial charge in [0.2, 0.25) is 0 Å². The van der Waals surface area contributed by atoms with Gasteiger partial charge in [-0.25, -0.2) is 9.18 Å². The molecule has 0 spiro atoms. The molecule has 0 aliphatic carbocycles. The highest BCUT2D eigenvalue weighted by Crippen LogP contribution is 2.21. The number of aromatic hydroxyl groups is 1. The molecule has 28 heavy (non-hydrogen) atoms. The summed E-state index contributed by atoms with van der Waals surface area (Å²) in [5.74, 6) is -1.23. The van der Waals surface area contributed by atoms with E-state index in [1.54, 1.807) is 49.5 Å². The van der Waals surface area contributed by atoms with Crippen LogP contribution in [0.2, 0.25) is 0 Å². The average Bonchev–Trinajstić information content (AvgIpc) is 2.66. The number of hydrogen-bond donors (Lipinski definition) is 1. The third-order valence-electron chi connectivity index (χ3n) is 4.38. The van der Waals surface area contributed by atoms with Gasteiger partial charge in [-0.05, 0) is 59.7 Å². The van der Waals surface area contributed by atoms with Crippen LogP contribution in [0.4, 0.5) is 4.39 Å². The first-order chi connectivity index (χ1) is 13.3. The zero-order valence-corrected chi connectivity index (χ0v) is 15.6. The molecule has 0 heterocycles. The van der Waals surface area contributed by atoms with Gasteiger partial charge in [0, 0.05) is 13.6 Å². The highest BCUT2D eigenvalue weighted by Gasteiger charge is 2.22. The van der Waals surface area contributed by atoms with E-state index in [2.05, 4.69) is 0 Å². The molecule has 0 aromatic heterocycles. The van der Waals surface area contributed by atoms with Gasteiger partial charge < -0.3 is 14.7 Å². The van der Waals surface area contributed by atoms with Gasteiger partial charge in [0.15, 0.2) is 6.10 Å². The minimum atomic E-state index is -0.985. The van der Waals surface area contributed by atoms with Crippen LogP contribution in [0.5, 0.6) is 5.75 Å². The zero-order chi connectivity index (χ0) is 20.3. The van der Waals surface area contributed by atoms with Gasteiger partial charge in [0.05, 0.1) is 5.56 Å². The molecule has 5 nitrogen and oxygen atoms in total. The number of phenols is 1. The molecular weight excluding hydrogens is 361 g/mol.